The van der Waals surface area contributed by atoms with Gasteiger partial charge in [-0.05, 0) is 65.8 Å². The third kappa shape index (κ3) is 2.71. The molecule has 3 heteroatoms. The van der Waals surface area contributed by atoms with Crippen LogP contribution < -0.4 is 5.32 Å². The Labute approximate surface area is 123 Å². The van der Waals surface area contributed by atoms with Crippen molar-refractivity contribution in [2.75, 3.05) is 0 Å². The Morgan fingerprint density at radius 3 is 2.67 bits per heavy atom. The van der Waals surface area contributed by atoms with Crippen molar-refractivity contribution in [2.24, 2.45) is 11.8 Å². The van der Waals surface area contributed by atoms with Gasteiger partial charge in [0.15, 0.2) is 0 Å². The molecule has 1 aromatic carbocycles. The molecule has 0 aliphatic heterocycles. The Bertz CT molecular complexity index is 458. The van der Waals surface area contributed by atoms with E-state index in [9.17, 15) is 4.79 Å². The zero-order valence-corrected chi connectivity index (χ0v) is 13.3. The molecule has 2 rings (SSSR count). The molecule has 3 atom stereocenters. The second-order valence-corrected chi connectivity index (χ2v) is 6.51. The first kappa shape index (κ1) is 13.8. The molecule has 1 aromatic rings. The summed E-state index contributed by atoms with van der Waals surface area (Å²) in [4.78, 5) is 12.3. The Morgan fingerprint density at radius 1 is 1.33 bits per heavy atom. The van der Waals surface area contributed by atoms with Crippen molar-refractivity contribution in [3.05, 3.63) is 32.9 Å². The third-order valence-electron chi connectivity index (χ3n) is 4.22. The average molecular weight is 357 g/mol. The van der Waals surface area contributed by atoms with Gasteiger partial charge in [-0.1, -0.05) is 26.0 Å². The van der Waals surface area contributed by atoms with Crippen molar-refractivity contribution >= 4 is 28.5 Å². The monoisotopic (exact) mass is 357 g/mol. The molecule has 1 saturated carbocycles. The summed E-state index contributed by atoms with van der Waals surface area (Å²) >= 11 is 2.26. The van der Waals surface area contributed by atoms with Crippen molar-refractivity contribution in [3.63, 3.8) is 0 Å². The lowest BCUT2D eigenvalue weighted by atomic mass is 9.97. The van der Waals surface area contributed by atoms with E-state index in [2.05, 4.69) is 41.8 Å². The molecule has 98 valence electrons. The van der Waals surface area contributed by atoms with Crippen molar-refractivity contribution in [2.45, 2.75) is 39.7 Å². The number of halogens is 1. The number of hydrogen-bond donors (Lipinski definition) is 1. The largest absolute Gasteiger partial charge is 0.349 e. The van der Waals surface area contributed by atoms with Gasteiger partial charge in [-0.15, -0.1) is 0 Å². The van der Waals surface area contributed by atoms with E-state index in [1.165, 1.54) is 6.42 Å². The van der Waals surface area contributed by atoms with Gasteiger partial charge in [0.25, 0.3) is 5.91 Å². The zero-order valence-electron chi connectivity index (χ0n) is 11.2. The van der Waals surface area contributed by atoms with Crippen molar-refractivity contribution in [1.82, 2.24) is 5.32 Å². The first-order valence-electron chi connectivity index (χ1n) is 6.56. The molecule has 0 aromatic heterocycles. The lowest BCUT2D eigenvalue weighted by Crippen LogP contribution is -2.37. The minimum Gasteiger partial charge on any atom is -0.349 e. The van der Waals surface area contributed by atoms with Gasteiger partial charge in [0.05, 0.1) is 5.56 Å². The number of carbonyl (C=O) groups excluding carboxylic acids is 1. The van der Waals surface area contributed by atoms with E-state index < -0.39 is 0 Å². The molecule has 18 heavy (non-hydrogen) atoms. The Kier molecular flexibility index (Phi) is 4.30. The first-order valence-corrected chi connectivity index (χ1v) is 7.64. The maximum atomic E-state index is 12.3. The maximum absolute atomic E-state index is 12.3. The highest BCUT2D eigenvalue weighted by atomic mass is 127. The van der Waals surface area contributed by atoms with E-state index in [1.54, 1.807) is 0 Å². The van der Waals surface area contributed by atoms with Crippen molar-refractivity contribution in [3.8, 4) is 0 Å². The molecule has 1 N–H and O–H groups in total. The van der Waals surface area contributed by atoms with E-state index in [0.29, 0.717) is 17.9 Å². The van der Waals surface area contributed by atoms with Crippen LogP contribution in [0.15, 0.2) is 18.2 Å². The standard InChI is InChI=1S/C15H20INO/c1-9-7-8-13(11(9)3)17-15(18)12-6-4-5-10(2)14(12)16/h4-6,9,11,13H,7-8H2,1-3H3,(H,17,18). The second kappa shape index (κ2) is 5.59. The quantitative estimate of drug-likeness (QED) is 0.803. The summed E-state index contributed by atoms with van der Waals surface area (Å²) in [5, 5.41) is 3.20. The molecule has 0 saturated heterocycles. The van der Waals surface area contributed by atoms with Crippen LogP contribution in [0, 0.1) is 22.3 Å². The molecule has 1 fully saturated rings. The van der Waals surface area contributed by atoms with E-state index in [4.69, 9.17) is 0 Å². The minimum atomic E-state index is 0.0778. The fourth-order valence-corrected chi connectivity index (χ4v) is 3.24. The highest BCUT2D eigenvalue weighted by Gasteiger charge is 2.31. The molecule has 0 radical (unpaired) electrons. The molecular weight excluding hydrogens is 337 g/mol. The molecule has 2 nitrogen and oxygen atoms in total. The van der Waals surface area contributed by atoms with Gasteiger partial charge >= 0.3 is 0 Å². The predicted molar refractivity (Wildman–Crippen MR) is 82.7 cm³/mol. The summed E-state index contributed by atoms with van der Waals surface area (Å²) in [7, 11) is 0. The molecule has 0 heterocycles. The Balaban J connectivity index is 2.11. The van der Waals surface area contributed by atoms with Crippen molar-refractivity contribution in [1.29, 1.82) is 0 Å². The summed E-state index contributed by atoms with van der Waals surface area (Å²) in [5.41, 5.74) is 1.97. The molecule has 1 amide bonds. The predicted octanol–water partition coefficient (Wildman–Crippen LogP) is 3.76. The lowest BCUT2D eigenvalue weighted by Gasteiger charge is -2.20. The van der Waals surface area contributed by atoms with Crippen LogP contribution in [-0.4, -0.2) is 11.9 Å². The summed E-state index contributed by atoms with van der Waals surface area (Å²) in [5.74, 6) is 1.37. The van der Waals surface area contributed by atoms with Crippen LogP contribution >= 0.6 is 22.6 Å². The summed E-state index contributed by atoms with van der Waals surface area (Å²) in [6, 6.07) is 6.24. The average Bonchev–Trinajstić information content (AvgIpc) is 2.64. The minimum absolute atomic E-state index is 0.0778. The SMILES string of the molecule is Cc1cccc(C(=O)NC2CCC(C)C2C)c1I. The maximum Gasteiger partial charge on any atom is 0.252 e. The van der Waals surface area contributed by atoms with Crippen LogP contribution in [0.1, 0.15) is 42.6 Å². The van der Waals surface area contributed by atoms with E-state index in [1.807, 2.05) is 25.1 Å². The Hall–Kier alpha value is -0.580. The molecular formula is C15H20INO. The van der Waals surface area contributed by atoms with Gasteiger partial charge in [0.2, 0.25) is 0 Å². The van der Waals surface area contributed by atoms with Crippen LogP contribution in [0.2, 0.25) is 0 Å². The van der Waals surface area contributed by atoms with Gasteiger partial charge in [-0.3, -0.25) is 4.79 Å². The fraction of sp³-hybridized carbons (Fsp3) is 0.533. The molecule has 0 bridgehead atoms. The second-order valence-electron chi connectivity index (χ2n) is 5.43. The van der Waals surface area contributed by atoms with Crippen molar-refractivity contribution < 1.29 is 4.79 Å². The highest BCUT2D eigenvalue weighted by molar-refractivity contribution is 14.1. The first-order chi connectivity index (χ1) is 8.50. The summed E-state index contributed by atoms with van der Waals surface area (Å²) < 4.78 is 1.06. The summed E-state index contributed by atoms with van der Waals surface area (Å²) in [6.07, 6.45) is 2.33. The van der Waals surface area contributed by atoms with Crippen LogP contribution in [0.3, 0.4) is 0 Å². The number of nitrogens with one attached hydrogen (secondary N) is 1. The smallest absolute Gasteiger partial charge is 0.252 e. The molecule has 3 unspecified atom stereocenters. The van der Waals surface area contributed by atoms with Crippen LogP contribution in [-0.2, 0) is 0 Å². The van der Waals surface area contributed by atoms with E-state index >= 15 is 0 Å². The normalized spacial score (nSPS) is 27.2. The van der Waals surface area contributed by atoms with E-state index in [-0.39, 0.29) is 5.91 Å². The van der Waals surface area contributed by atoms with Gasteiger partial charge < -0.3 is 5.32 Å². The number of carbonyl (C=O) groups is 1. The number of benzene rings is 1. The van der Waals surface area contributed by atoms with Gasteiger partial charge in [0.1, 0.15) is 0 Å². The molecule has 0 spiro atoms. The number of aryl methyl sites for hydroxylation is 1. The van der Waals surface area contributed by atoms with Crippen LogP contribution in [0.5, 0.6) is 0 Å². The van der Waals surface area contributed by atoms with Crippen LogP contribution in [0.4, 0.5) is 0 Å². The molecule has 1 aliphatic carbocycles. The lowest BCUT2D eigenvalue weighted by molar-refractivity contribution is 0.0926. The Morgan fingerprint density at radius 2 is 2.06 bits per heavy atom. The summed E-state index contributed by atoms with van der Waals surface area (Å²) in [6.45, 7) is 6.55. The third-order valence-corrected chi connectivity index (χ3v) is 5.65. The highest BCUT2D eigenvalue weighted by Crippen LogP contribution is 2.31. The van der Waals surface area contributed by atoms with Gasteiger partial charge in [-0.25, -0.2) is 0 Å². The van der Waals surface area contributed by atoms with Crippen LogP contribution in [0.25, 0.3) is 0 Å². The zero-order chi connectivity index (χ0) is 13.3. The molecule has 1 aliphatic rings. The number of amides is 1. The number of hydrogen-bond acceptors (Lipinski definition) is 1. The van der Waals surface area contributed by atoms with Gasteiger partial charge in [-0.2, -0.15) is 0 Å². The fourth-order valence-electron chi connectivity index (χ4n) is 2.64. The van der Waals surface area contributed by atoms with Gasteiger partial charge in [0, 0.05) is 9.61 Å². The van der Waals surface area contributed by atoms with E-state index in [0.717, 1.165) is 21.1 Å². The number of rotatable bonds is 2. The topological polar surface area (TPSA) is 29.1 Å².